The Balaban J connectivity index is 1.38. The maximum Gasteiger partial charge on any atom is 0.0367 e. The summed E-state index contributed by atoms with van der Waals surface area (Å²) in [7, 11) is 0. The van der Waals surface area contributed by atoms with E-state index < -0.39 is 0 Å². The molecule has 0 amide bonds. The molecule has 0 radical (unpaired) electrons. The van der Waals surface area contributed by atoms with Crippen LogP contribution in [0.2, 0.25) is 0 Å². The summed E-state index contributed by atoms with van der Waals surface area (Å²) in [6, 6.07) is 20.3. The van der Waals surface area contributed by atoms with Crippen LogP contribution in [-0.2, 0) is 0 Å². The normalized spacial score (nSPS) is 19.3. The molecular formula is C21H26N2. The van der Waals surface area contributed by atoms with Gasteiger partial charge in [0.05, 0.1) is 0 Å². The van der Waals surface area contributed by atoms with Crippen molar-refractivity contribution in [3.63, 3.8) is 0 Å². The van der Waals surface area contributed by atoms with E-state index in [0.717, 1.165) is 5.92 Å². The van der Waals surface area contributed by atoms with Gasteiger partial charge < -0.3 is 9.80 Å². The minimum absolute atomic E-state index is 0.733. The Bertz CT molecular complexity index is 606. The highest BCUT2D eigenvalue weighted by Crippen LogP contribution is 2.31. The molecule has 23 heavy (non-hydrogen) atoms. The van der Waals surface area contributed by atoms with Gasteiger partial charge in [-0.1, -0.05) is 30.3 Å². The lowest BCUT2D eigenvalue weighted by Gasteiger charge is -2.34. The van der Waals surface area contributed by atoms with E-state index >= 15 is 0 Å². The molecule has 2 fully saturated rings. The van der Waals surface area contributed by atoms with Crippen molar-refractivity contribution in [3.05, 3.63) is 60.2 Å². The first-order valence-electron chi connectivity index (χ1n) is 9.05. The highest BCUT2D eigenvalue weighted by molar-refractivity contribution is 5.57. The van der Waals surface area contributed by atoms with Gasteiger partial charge in [-0.3, -0.25) is 0 Å². The van der Waals surface area contributed by atoms with Crippen LogP contribution in [0.5, 0.6) is 0 Å². The fraction of sp³-hybridized carbons (Fsp3) is 0.429. The Morgan fingerprint density at radius 3 is 1.70 bits per heavy atom. The molecule has 2 aromatic carbocycles. The Morgan fingerprint density at radius 1 is 0.609 bits per heavy atom. The second-order valence-electron chi connectivity index (χ2n) is 6.88. The molecule has 120 valence electrons. The van der Waals surface area contributed by atoms with Gasteiger partial charge in [0.25, 0.3) is 0 Å². The number of rotatable bonds is 3. The molecule has 2 heteroatoms. The summed E-state index contributed by atoms with van der Waals surface area (Å²) in [6.07, 6.45) is 5.21. The number of anilines is 2. The Labute approximate surface area is 139 Å². The maximum absolute atomic E-state index is 2.55. The molecule has 2 aromatic rings. The largest absolute Gasteiger partial charge is 0.372 e. The average molecular weight is 306 g/mol. The first kappa shape index (κ1) is 14.6. The molecule has 0 atom stereocenters. The Kier molecular flexibility index (Phi) is 4.23. The zero-order chi connectivity index (χ0) is 15.5. The minimum Gasteiger partial charge on any atom is -0.372 e. The first-order chi connectivity index (χ1) is 11.4. The number of hydrogen-bond donors (Lipinski definition) is 0. The van der Waals surface area contributed by atoms with Gasteiger partial charge in [0.15, 0.2) is 0 Å². The van der Waals surface area contributed by atoms with Crippen molar-refractivity contribution in [3.8, 4) is 0 Å². The van der Waals surface area contributed by atoms with Gasteiger partial charge in [-0.15, -0.1) is 0 Å². The third-order valence-electron chi connectivity index (χ3n) is 5.45. The monoisotopic (exact) mass is 306 g/mol. The molecule has 0 aliphatic carbocycles. The molecule has 4 rings (SSSR count). The maximum atomic E-state index is 2.55. The molecule has 0 saturated carbocycles. The van der Waals surface area contributed by atoms with Gasteiger partial charge >= 0.3 is 0 Å². The summed E-state index contributed by atoms with van der Waals surface area (Å²) in [4.78, 5) is 5.05. The van der Waals surface area contributed by atoms with Gasteiger partial charge in [0, 0.05) is 37.6 Å². The Hall–Kier alpha value is -1.96. The summed E-state index contributed by atoms with van der Waals surface area (Å²) in [6.45, 7) is 4.79. The summed E-state index contributed by atoms with van der Waals surface area (Å²) >= 11 is 0. The summed E-state index contributed by atoms with van der Waals surface area (Å²) in [5, 5.41) is 0. The van der Waals surface area contributed by atoms with E-state index in [4.69, 9.17) is 0 Å². The summed E-state index contributed by atoms with van der Waals surface area (Å²) < 4.78 is 0. The van der Waals surface area contributed by atoms with Crippen LogP contribution in [0, 0.1) is 0 Å². The van der Waals surface area contributed by atoms with E-state index in [2.05, 4.69) is 64.4 Å². The number of hydrogen-bond acceptors (Lipinski definition) is 2. The topological polar surface area (TPSA) is 6.48 Å². The molecule has 0 N–H and O–H groups in total. The molecule has 0 aromatic heterocycles. The standard InChI is InChI=1S/C21H26N2/c1-2-6-18(7-3-1)19-12-16-23(17-13-19)21-10-8-20(9-11-21)22-14-4-5-15-22/h1-3,6-11,19H,4-5,12-17H2. The van der Waals surface area contributed by atoms with Gasteiger partial charge in [0.2, 0.25) is 0 Å². The van der Waals surface area contributed by atoms with Crippen LogP contribution in [0.3, 0.4) is 0 Å². The van der Waals surface area contributed by atoms with E-state index in [1.807, 2.05) is 0 Å². The lowest BCUT2D eigenvalue weighted by Crippen LogP contribution is -2.32. The average Bonchev–Trinajstić information content (AvgIpc) is 3.18. The van der Waals surface area contributed by atoms with Crippen LogP contribution in [-0.4, -0.2) is 26.2 Å². The molecule has 0 unspecified atom stereocenters. The third kappa shape index (κ3) is 3.21. The van der Waals surface area contributed by atoms with Gasteiger partial charge in [-0.25, -0.2) is 0 Å². The van der Waals surface area contributed by atoms with Crippen molar-refractivity contribution in [2.75, 3.05) is 36.0 Å². The lowest BCUT2D eigenvalue weighted by molar-refractivity contribution is 0.505. The quantitative estimate of drug-likeness (QED) is 0.813. The molecule has 2 heterocycles. The zero-order valence-corrected chi connectivity index (χ0v) is 13.8. The van der Waals surface area contributed by atoms with Crippen LogP contribution in [0.15, 0.2) is 54.6 Å². The molecule has 0 bridgehead atoms. The van der Waals surface area contributed by atoms with E-state index in [1.165, 1.54) is 68.8 Å². The van der Waals surface area contributed by atoms with E-state index in [1.54, 1.807) is 0 Å². The molecule has 2 aliphatic heterocycles. The fourth-order valence-electron chi connectivity index (χ4n) is 4.05. The SMILES string of the molecule is c1ccc(C2CCN(c3ccc(N4CCCC4)cc3)CC2)cc1. The fourth-order valence-corrected chi connectivity index (χ4v) is 4.05. The van der Waals surface area contributed by atoms with Crippen molar-refractivity contribution in [1.29, 1.82) is 0 Å². The van der Waals surface area contributed by atoms with Crippen molar-refractivity contribution in [2.24, 2.45) is 0 Å². The number of nitrogens with zero attached hydrogens (tertiary/aromatic N) is 2. The highest BCUT2D eigenvalue weighted by atomic mass is 15.2. The predicted octanol–water partition coefficient (Wildman–Crippen LogP) is 4.67. The van der Waals surface area contributed by atoms with Gasteiger partial charge in [-0.2, -0.15) is 0 Å². The molecule has 0 spiro atoms. The second-order valence-corrected chi connectivity index (χ2v) is 6.88. The zero-order valence-electron chi connectivity index (χ0n) is 13.8. The number of benzene rings is 2. The smallest absolute Gasteiger partial charge is 0.0367 e. The van der Waals surface area contributed by atoms with E-state index in [0.29, 0.717) is 0 Å². The van der Waals surface area contributed by atoms with Gasteiger partial charge in [-0.05, 0) is 61.4 Å². The minimum atomic E-state index is 0.733. The van der Waals surface area contributed by atoms with Crippen molar-refractivity contribution >= 4 is 11.4 Å². The summed E-state index contributed by atoms with van der Waals surface area (Å²) in [5.41, 5.74) is 4.29. The molecule has 2 nitrogen and oxygen atoms in total. The van der Waals surface area contributed by atoms with Crippen molar-refractivity contribution < 1.29 is 0 Å². The van der Waals surface area contributed by atoms with Crippen molar-refractivity contribution in [2.45, 2.75) is 31.6 Å². The van der Waals surface area contributed by atoms with Crippen LogP contribution < -0.4 is 9.80 Å². The predicted molar refractivity (Wildman–Crippen MR) is 98.5 cm³/mol. The first-order valence-corrected chi connectivity index (χ1v) is 9.05. The second kappa shape index (κ2) is 6.66. The van der Waals surface area contributed by atoms with Crippen LogP contribution >= 0.6 is 0 Å². The highest BCUT2D eigenvalue weighted by Gasteiger charge is 2.21. The van der Waals surface area contributed by atoms with Gasteiger partial charge in [0.1, 0.15) is 0 Å². The number of piperidine rings is 1. The Morgan fingerprint density at radius 2 is 1.13 bits per heavy atom. The van der Waals surface area contributed by atoms with E-state index in [9.17, 15) is 0 Å². The molecule has 2 saturated heterocycles. The van der Waals surface area contributed by atoms with E-state index in [-0.39, 0.29) is 0 Å². The molecule has 2 aliphatic rings. The van der Waals surface area contributed by atoms with Crippen molar-refractivity contribution in [1.82, 2.24) is 0 Å². The molecular weight excluding hydrogens is 280 g/mol. The third-order valence-corrected chi connectivity index (χ3v) is 5.45. The van der Waals surface area contributed by atoms with Crippen LogP contribution in [0.25, 0.3) is 0 Å². The van der Waals surface area contributed by atoms with Crippen LogP contribution in [0.4, 0.5) is 11.4 Å². The lowest BCUT2D eigenvalue weighted by atomic mass is 9.89. The summed E-state index contributed by atoms with van der Waals surface area (Å²) in [5.74, 6) is 0.733. The van der Waals surface area contributed by atoms with Crippen LogP contribution in [0.1, 0.15) is 37.2 Å².